The second kappa shape index (κ2) is 4.47. The Morgan fingerprint density at radius 1 is 1.75 bits per heavy atom. The minimum Gasteiger partial charge on any atom is -0.371 e. The first-order valence-corrected chi connectivity index (χ1v) is 3.44. The van der Waals surface area contributed by atoms with Gasteiger partial charge in [-0.05, 0) is 20.6 Å². The molecule has 0 spiro atoms. The summed E-state index contributed by atoms with van der Waals surface area (Å²) in [5.74, 6) is 2.29. The summed E-state index contributed by atoms with van der Waals surface area (Å²) in [6, 6.07) is 0. The largest absolute Gasteiger partial charge is 0.371 e. The van der Waals surface area contributed by atoms with E-state index >= 15 is 0 Å². The van der Waals surface area contributed by atoms with Gasteiger partial charge in [0.1, 0.15) is 0 Å². The van der Waals surface area contributed by atoms with E-state index in [9.17, 15) is 5.11 Å². The van der Waals surface area contributed by atoms with E-state index in [0.717, 1.165) is 0 Å². The third-order valence-corrected chi connectivity index (χ3v) is 1.21. The van der Waals surface area contributed by atoms with E-state index in [1.54, 1.807) is 13.0 Å². The minimum absolute atomic E-state index is 0.128. The van der Waals surface area contributed by atoms with Crippen LogP contribution >= 0.6 is 0 Å². The summed E-state index contributed by atoms with van der Waals surface area (Å²) in [6.45, 7) is 6.49. The summed E-state index contributed by atoms with van der Waals surface area (Å²) in [4.78, 5) is 7.34. The average Bonchev–Trinajstić information content (AvgIpc) is 2.05. The van der Waals surface area contributed by atoms with E-state index in [2.05, 4.69) is 22.6 Å². The van der Waals surface area contributed by atoms with Crippen LogP contribution in [-0.4, -0.2) is 23.3 Å². The van der Waals surface area contributed by atoms with Crippen molar-refractivity contribution >= 4 is 12.6 Å². The first-order valence-electron chi connectivity index (χ1n) is 3.44. The number of allylic oxidation sites excluding steroid dienone is 1. The van der Waals surface area contributed by atoms with Crippen LogP contribution in [-0.2, 0) is 0 Å². The Bertz CT molecular complexity index is 256. The molecule has 0 aliphatic heterocycles. The molecule has 3 nitrogen and oxygen atoms in total. The molecule has 0 amide bonds. The van der Waals surface area contributed by atoms with E-state index in [4.69, 9.17) is 6.42 Å². The molecule has 0 saturated heterocycles. The predicted molar refractivity (Wildman–Crippen MR) is 51.3 cm³/mol. The molecule has 0 radical (unpaired) electrons. The van der Waals surface area contributed by atoms with Crippen molar-refractivity contribution < 1.29 is 5.11 Å². The molecule has 0 aromatic heterocycles. The number of terminal acetylenes is 1. The maximum Gasteiger partial charge on any atom is 0.182 e. The van der Waals surface area contributed by atoms with Crippen LogP contribution in [0.2, 0.25) is 0 Å². The van der Waals surface area contributed by atoms with Crippen molar-refractivity contribution in [3.63, 3.8) is 0 Å². The van der Waals surface area contributed by atoms with Gasteiger partial charge in [0.15, 0.2) is 11.4 Å². The molecule has 12 heavy (non-hydrogen) atoms. The lowest BCUT2D eigenvalue weighted by Crippen LogP contribution is -2.31. The highest BCUT2D eigenvalue weighted by atomic mass is 16.3. The van der Waals surface area contributed by atoms with Crippen LogP contribution in [0, 0.1) is 12.3 Å². The van der Waals surface area contributed by atoms with Crippen LogP contribution in [0.15, 0.2) is 22.3 Å². The Hall–Kier alpha value is -1.40. The van der Waals surface area contributed by atoms with Crippen LogP contribution in [0.5, 0.6) is 0 Å². The Morgan fingerprint density at radius 3 is 2.67 bits per heavy atom. The van der Waals surface area contributed by atoms with E-state index in [1.165, 1.54) is 13.1 Å². The maximum atomic E-state index is 9.48. The fourth-order valence-corrected chi connectivity index (χ4v) is 0.530. The van der Waals surface area contributed by atoms with E-state index in [-0.39, 0.29) is 5.84 Å². The highest BCUT2D eigenvalue weighted by Crippen LogP contribution is 2.05. The van der Waals surface area contributed by atoms with Gasteiger partial charge in [-0.15, -0.1) is 6.42 Å². The van der Waals surface area contributed by atoms with Gasteiger partial charge in [-0.2, -0.15) is 0 Å². The lowest BCUT2D eigenvalue weighted by molar-refractivity contribution is 0.193. The molecule has 0 fully saturated rings. The first kappa shape index (κ1) is 10.6. The van der Waals surface area contributed by atoms with Gasteiger partial charge < -0.3 is 5.11 Å². The van der Waals surface area contributed by atoms with Crippen LogP contribution in [0.3, 0.4) is 0 Å². The Labute approximate surface area is 72.6 Å². The number of aliphatic imine (C=N–C) groups is 2. The number of nitrogens with zero attached hydrogens (tertiary/aromatic N) is 2. The van der Waals surface area contributed by atoms with Gasteiger partial charge in [0.25, 0.3) is 0 Å². The van der Waals surface area contributed by atoms with Crippen molar-refractivity contribution in [3.8, 4) is 12.3 Å². The molecule has 64 valence electrons. The van der Waals surface area contributed by atoms with Gasteiger partial charge >= 0.3 is 0 Å². The quantitative estimate of drug-likeness (QED) is 0.369. The van der Waals surface area contributed by atoms with Crippen LogP contribution in [0.4, 0.5) is 0 Å². The predicted octanol–water partition coefficient (Wildman–Crippen LogP) is 1.00. The van der Waals surface area contributed by atoms with Crippen molar-refractivity contribution in [1.82, 2.24) is 0 Å². The summed E-state index contributed by atoms with van der Waals surface area (Å²) < 4.78 is 0. The van der Waals surface area contributed by atoms with Crippen molar-refractivity contribution in [2.24, 2.45) is 9.98 Å². The summed E-state index contributed by atoms with van der Waals surface area (Å²) in [7, 11) is 0. The van der Waals surface area contributed by atoms with Crippen LogP contribution in [0.1, 0.15) is 13.8 Å². The molecule has 1 N–H and O–H groups in total. The topological polar surface area (TPSA) is 45.0 Å². The molecule has 0 unspecified atom stereocenters. The zero-order valence-corrected chi connectivity index (χ0v) is 7.28. The molecule has 0 bridgehead atoms. The van der Waals surface area contributed by atoms with Crippen molar-refractivity contribution in [2.45, 2.75) is 19.4 Å². The normalized spacial score (nSPS) is 17.0. The first-order chi connectivity index (χ1) is 5.58. The Kier molecular flexibility index (Phi) is 3.95. The van der Waals surface area contributed by atoms with E-state index in [0.29, 0.717) is 0 Å². The van der Waals surface area contributed by atoms with Crippen molar-refractivity contribution in [2.75, 3.05) is 0 Å². The fourth-order valence-electron chi connectivity index (χ4n) is 0.530. The van der Waals surface area contributed by atoms with E-state index < -0.39 is 5.60 Å². The molecule has 0 aromatic rings. The van der Waals surface area contributed by atoms with Gasteiger partial charge in [0.05, 0.1) is 0 Å². The van der Waals surface area contributed by atoms with Gasteiger partial charge in [-0.25, -0.2) is 9.98 Å². The molecule has 3 heteroatoms. The highest BCUT2D eigenvalue weighted by molar-refractivity contribution is 5.96. The third-order valence-electron chi connectivity index (χ3n) is 1.21. The Balaban J connectivity index is 4.81. The standard InChI is InChI=1S/C9H12N2O/c1-5-7-11-8(10-4)9(3,12)6-2/h2,5,7,12H,4H2,1,3H3/b7-5-,11-8-/t9-/m1/s1. The van der Waals surface area contributed by atoms with E-state index in [1.807, 2.05) is 0 Å². The number of rotatable bonds is 2. The number of amidine groups is 1. The fraction of sp³-hybridized carbons (Fsp3) is 0.333. The lowest BCUT2D eigenvalue weighted by atomic mass is 10.1. The molecule has 0 rings (SSSR count). The molecule has 0 saturated carbocycles. The summed E-state index contributed by atoms with van der Waals surface area (Å²) >= 11 is 0. The van der Waals surface area contributed by atoms with Crippen LogP contribution < -0.4 is 0 Å². The lowest BCUT2D eigenvalue weighted by Gasteiger charge is -2.13. The molecule has 1 atom stereocenters. The molecular formula is C9H12N2O. The maximum absolute atomic E-state index is 9.48. The third kappa shape index (κ3) is 2.69. The molecule has 0 aliphatic rings. The zero-order chi connectivity index (χ0) is 9.61. The summed E-state index contributed by atoms with van der Waals surface area (Å²) in [6.07, 6.45) is 8.26. The zero-order valence-electron chi connectivity index (χ0n) is 7.28. The average molecular weight is 164 g/mol. The second-order valence-corrected chi connectivity index (χ2v) is 2.31. The van der Waals surface area contributed by atoms with Gasteiger partial charge in [0, 0.05) is 6.20 Å². The smallest absolute Gasteiger partial charge is 0.182 e. The van der Waals surface area contributed by atoms with Gasteiger partial charge in [-0.1, -0.05) is 12.0 Å². The number of hydrogen-bond donors (Lipinski definition) is 1. The van der Waals surface area contributed by atoms with Gasteiger partial charge in [0.2, 0.25) is 0 Å². The molecule has 0 aliphatic carbocycles. The van der Waals surface area contributed by atoms with Crippen LogP contribution in [0.25, 0.3) is 0 Å². The minimum atomic E-state index is -1.44. The second-order valence-electron chi connectivity index (χ2n) is 2.31. The number of aliphatic hydroxyl groups is 1. The number of hydrogen-bond acceptors (Lipinski definition) is 2. The van der Waals surface area contributed by atoms with Crippen molar-refractivity contribution in [3.05, 3.63) is 12.3 Å². The molecular weight excluding hydrogens is 152 g/mol. The Morgan fingerprint density at radius 2 is 2.33 bits per heavy atom. The highest BCUT2D eigenvalue weighted by Gasteiger charge is 2.23. The molecule has 0 aromatic carbocycles. The monoisotopic (exact) mass is 164 g/mol. The summed E-state index contributed by atoms with van der Waals surface area (Å²) in [5, 5.41) is 9.48. The van der Waals surface area contributed by atoms with Gasteiger partial charge in [-0.3, -0.25) is 0 Å². The molecule has 0 heterocycles. The van der Waals surface area contributed by atoms with Crippen molar-refractivity contribution in [1.29, 1.82) is 0 Å². The summed E-state index contributed by atoms with van der Waals surface area (Å²) in [5.41, 5.74) is -1.44. The SMILES string of the molecule is C#C[C@@](C)(O)/C(N=C)=N/C=C\C.